The third kappa shape index (κ3) is 2.85. The van der Waals surface area contributed by atoms with Crippen molar-refractivity contribution in [1.29, 1.82) is 0 Å². The Morgan fingerprint density at radius 1 is 1.06 bits per heavy atom. The van der Waals surface area contributed by atoms with E-state index in [4.69, 9.17) is 27.6 Å². The number of hydrogen-bond acceptors (Lipinski definition) is 3. The SMILES string of the molecule is CC(C)(C)c1ccc(-c2nnc(C(Cl)Cl)o2)cc1. The van der Waals surface area contributed by atoms with E-state index in [2.05, 4.69) is 43.1 Å². The van der Waals surface area contributed by atoms with Crippen LogP contribution in [-0.2, 0) is 5.41 Å². The monoisotopic (exact) mass is 284 g/mol. The molecule has 2 rings (SSSR count). The van der Waals surface area contributed by atoms with Crippen molar-refractivity contribution < 1.29 is 4.42 Å². The van der Waals surface area contributed by atoms with Crippen molar-refractivity contribution in [3.63, 3.8) is 0 Å². The summed E-state index contributed by atoms with van der Waals surface area (Å²) in [4.78, 5) is -0.792. The Balaban J connectivity index is 2.29. The molecule has 5 heteroatoms. The molecule has 96 valence electrons. The lowest BCUT2D eigenvalue weighted by molar-refractivity contribution is 0.523. The molecule has 1 aromatic heterocycles. The van der Waals surface area contributed by atoms with Gasteiger partial charge in [-0.05, 0) is 23.1 Å². The van der Waals surface area contributed by atoms with E-state index < -0.39 is 4.84 Å². The molecule has 0 spiro atoms. The largest absolute Gasteiger partial charge is 0.418 e. The molecule has 0 atom stereocenters. The second kappa shape index (κ2) is 4.90. The highest BCUT2D eigenvalue weighted by atomic mass is 35.5. The van der Waals surface area contributed by atoms with E-state index in [1.165, 1.54) is 5.56 Å². The van der Waals surface area contributed by atoms with Gasteiger partial charge in [0.25, 0.3) is 0 Å². The van der Waals surface area contributed by atoms with E-state index in [9.17, 15) is 0 Å². The first-order valence-electron chi connectivity index (χ1n) is 5.60. The zero-order valence-electron chi connectivity index (χ0n) is 10.4. The molecule has 0 bridgehead atoms. The predicted octanol–water partition coefficient (Wildman–Crippen LogP) is 4.51. The Labute approximate surface area is 116 Å². The van der Waals surface area contributed by atoms with Crippen molar-refractivity contribution in [1.82, 2.24) is 10.2 Å². The Morgan fingerprint density at radius 3 is 2.11 bits per heavy atom. The van der Waals surface area contributed by atoms with Crippen molar-refractivity contribution in [2.24, 2.45) is 0 Å². The van der Waals surface area contributed by atoms with Crippen LogP contribution in [0, 0.1) is 0 Å². The maximum Gasteiger partial charge on any atom is 0.249 e. The van der Waals surface area contributed by atoms with Crippen LogP contribution in [0.5, 0.6) is 0 Å². The predicted molar refractivity (Wildman–Crippen MR) is 72.9 cm³/mol. The molecular weight excluding hydrogens is 271 g/mol. The van der Waals surface area contributed by atoms with Gasteiger partial charge in [0, 0.05) is 5.56 Å². The maximum absolute atomic E-state index is 5.66. The minimum Gasteiger partial charge on any atom is -0.418 e. The van der Waals surface area contributed by atoms with Crippen LogP contribution >= 0.6 is 23.2 Å². The molecule has 0 amide bonds. The van der Waals surface area contributed by atoms with E-state index in [0.29, 0.717) is 5.89 Å². The number of aromatic nitrogens is 2. The third-order valence-corrected chi connectivity index (χ3v) is 3.00. The zero-order valence-corrected chi connectivity index (χ0v) is 12.0. The Kier molecular flexibility index (Phi) is 3.64. The number of halogens is 2. The summed E-state index contributed by atoms with van der Waals surface area (Å²) < 4.78 is 5.37. The van der Waals surface area contributed by atoms with Gasteiger partial charge in [-0.15, -0.1) is 10.2 Å². The third-order valence-electron chi connectivity index (χ3n) is 2.63. The summed E-state index contributed by atoms with van der Waals surface area (Å²) in [5, 5.41) is 7.70. The van der Waals surface area contributed by atoms with Gasteiger partial charge in [-0.1, -0.05) is 56.1 Å². The van der Waals surface area contributed by atoms with Crippen molar-refractivity contribution in [2.45, 2.75) is 31.0 Å². The van der Waals surface area contributed by atoms with Gasteiger partial charge in [0.1, 0.15) is 0 Å². The van der Waals surface area contributed by atoms with Crippen molar-refractivity contribution in [3.8, 4) is 11.5 Å². The van der Waals surface area contributed by atoms with Gasteiger partial charge >= 0.3 is 0 Å². The standard InChI is InChI=1S/C13H14Cl2N2O/c1-13(2,3)9-6-4-8(5-7-9)11-16-17-12(18-11)10(14)15/h4-7,10H,1-3H3. The van der Waals surface area contributed by atoms with Crippen LogP contribution in [0.1, 0.15) is 37.1 Å². The number of benzene rings is 1. The quantitative estimate of drug-likeness (QED) is 0.762. The van der Waals surface area contributed by atoms with Crippen LogP contribution in [0.3, 0.4) is 0 Å². The number of alkyl halides is 2. The fraction of sp³-hybridized carbons (Fsp3) is 0.385. The normalized spacial score (nSPS) is 12.1. The Hall–Kier alpha value is -1.06. The molecule has 0 aliphatic carbocycles. The smallest absolute Gasteiger partial charge is 0.249 e. The summed E-state index contributed by atoms with van der Waals surface area (Å²) in [6, 6.07) is 8.01. The summed E-state index contributed by atoms with van der Waals surface area (Å²) in [5.41, 5.74) is 2.23. The molecule has 0 aliphatic heterocycles. The maximum atomic E-state index is 5.66. The lowest BCUT2D eigenvalue weighted by atomic mass is 9.87. The topological polar surface area (TPSA) is 38.9 Å². The molecule has 0 N–H and O–H groups in total. The second-order valence-electron chi connectivity index (χ2n) is 5.07. The first-order chi connectivity index (χ1) is 8.38. The molecule has 3 nitrogen and oxygen atoms in total. The van der Waals surface area contributed by atoms with Crippen LogP contribution in [0.4, 0.5) is 0 Å². The molecule has 18 heavy (non-hydrogen) atoms. The van der Waals surface area contributed by atoms with E-state index in [1.807, 2.05) is 12.1 Å². The first kappa shape index (κ1) is 13.4. The van der Waals surface area contributed by atoms with Crippen molar-refractivity contribution >= 4 is 23.2 Å². The number of rotatable bonds is 2. The average Bonchev–Trinajstić information content (AvgIpc) is 2.77. The zero-order chi connectivity index (χ0) is 13.3. The van der Waals surface area contributed by atoms with E-state index in [0.717, 1.165) is 5.56 Å². The molecule has 1 aromatic carbocycles. The van der Waals surface area contributed by atoms with E-state index >= 15 is 0 Å². The fourth-order valence-electron chi connectivity index (χ4n) is 1.55. The minimum atomic E-state index is -0.792. The average molecular weight is 285 g/mol. The van der Waals surface area contributed by atoms with E-state index in [1.54, 1.807) is 0 Å². The second-order valence-corrected chi connectivity index (χ2v) is 6.17. The lowest BCUT2D eigenvalue weighted by Crippen LogP contribution is -2.10. The van der Waals surface area contributed by atoms with Crippen molar-refractivity contribution in [3.05, 3.63) is 35.7 Å². The molecule has 0 fully saturated rings. The number of nitrogens with zero attached hydrogens (tertiary/aromatic N) is 2. The molecule has 0 saturated carbocycles. The molecule has 0 saturated heterocycles. The summed E-state index contributed by atoms with van der Waals surface area (Å²) in [6.45, 7) is 6.50. The van der Waals surface area contributed by atoms with E-state index in [-0.39, 0.29) is 11.3 Å². The van der Waals surface area contributed by atoms with Gasteiger partial charge in [-0.3, -0.25) is 0 Å². The van der Waals surface area contributed by atoms with Crippen LogP contribution in [0.25, 0.3) is 11.5 Å². The van der Waals surface area contributed by atoms with Crippen LogP contribution in [0.2, 0.25) is 0 Å². The first-order valence-corrected chi connectivity index (χ1v) is 6.47. The van der Waals surface area contributed by atoms with Crippen LogP contribution in [-0.4, -0.2) is 10.2 Å². The summed E-state index contributed by atoms with van der Waals surface area (Å²) in [6.07, 6.45) is 0. The summed E-state index contributed by atoms with van der Waals surface area (Å²) >= 11 is 11.3. The fourth-order valence-corrected chi connectivity index (χ4v) is 1.73. The molecule has 0 aliphatic rings. The summed E-state index contributed by atoms with van der Waals surface area (Å²) in [7, 11) is 0. The Morgan fingerprint density at radius 2 is 1.67 bits per heavy atom. The van der Waals surface area contributed by atoms with Gasteiger partial charge in [-0.2, -0.15) is 0 Å². The molecule has 0 unspecified atom stereocenters. The summed E-state index contributed by atoms with van der Waals surface area (Å²) in [5.74, 6) is 0.644. The van der Waals surface area contributed by atoms with Gasteiger partial charge < -0.3 is 4.42 Å². The van der Waals surface area contributed by atoms with Crippen molar-refractivity contribution in [2.75, 3.05) is 0 Å². The highest BCUT2D eigenvalue weighted by Crippen LogP contribution is 2.28. The Bertz CT molecular complexity index is 527. The minimum absolute atomic E-state index is 0.121. The highest BCUT2D eigenvalue weighted by molar-refractivity contribution is 6.43. The highest BCUT2D eigenvalue weighted by Gasteiger charge is 2.16. The molecule has 2 aromatic rings. The molecule has 0 radical (unpaired) electrons. The number of hydrogen-bond donors (Lipinski definition) is 0. The lowest BCUT2D eigenvalue weighted by Gasteiger charge is -2.18. The van der Waals surface area contributed by atoms with Crippen LogP contribution in [0.15, 0.2) is 28.7 Å². The molecular formula is C13H14Cl2N2O. The van der Waals surface area contributed by atoms with Gasteiger partial charge in [-0.25, -0.2) is 0 Å². The van der Waals surface area contributed by atoms with Crippen LogP contribution < -0.4 is 0 Å². The van der Waals surface area contributed by atoms with Gasteiger partial charge in [0.05, 0.1) is 0 Å². The molecule has 1 heterocycles. The van der Waals surface area contributed by atoms with Gasteiger partial charge in [0.2, 0.25) is 11.8 Å². The van der Waals surface area contributed by atoms with Gasteiger partial charge in [0.15, 0.2) is 4.84 Å².